The van der Waals surface area contributed by atoms with E-state index in [-0.39, 0.29) is 12.0 Å². The van der Waals surface area contributed by atoms with Crippen LogP contribution in [0.3, 0.4) is 0 Å². The van der Waals surface area contributed by atoms with Gasteiger partial charge in [-0.15, -0.1) is 0 Å². The molecule has 2 aromatic heterocycles. The molecule has 3 heterocycles. The number of amides is 1. The van der Waals surface area contributed by atoms with Crippen molar-refractivity contribution < 1.29 is 4.79 Å². The first-order chi connectivity index (χ1) is 11.8. The van der Waals surface area contributed by atoms with E-state index in [0.717, 1.165) is 51.6 Å². The summed E-state index contributed by atoms with van der Waals surface area (Å²) in [6.07, 6.45) is 14.0. The van der Waals surface area contributed by atoms with Crippen molar-refractivity contribution in [1.29, 1.82) is 0 Å². The maximum absolute atomic E-state index is 12.9. The maximum Gasteiger partial charge on any atom is 0.225 e. The first-order valence-electron chi connectivity index (χ1n) is 9.06. The molecule has 0 bridgehead atoms. The molecule has 1 aliphatic carbocycles. The predicted octanol–water partition coefficient (Wildman–Crippen LogP) is 2.67. The van der Waals surface area contributed by atoms with Crippen LogP contribution in [0.15, 0.2) is 37.2 Å². The van der Waals surface area contributed by atoms with Gasteiger partial charge in [0.1, 0.15) is 12.7 Å². The zero-order valence-corrected chi connectivity index (χ0v) is 14.0. The molecule has 0 N–H and O–H groups in total. The summed E-state index contributed by atoms with van der Waals surface area (Å²) >= 11 is 0. The van der Waals surface area contributed by atoms with Crippen LogP contribution < -0.4 is 0 Å². The number of hydrogen-bond donors (Lipinski definition) is 0. The molecule has 1 saturated heterocycles. The Labute approximate surface area is 142 Å². The molecular weight excluding hydrogens is 302 g/mol. The lowest BCUT2D eigenvalue weighted by atomic mass is 9.84. The van der Waals surface area contributed by atoms with E-state index >= 15 is 0 Å². The van der Waals surface area contributed by atoms with Gasteiger partial charge in [0.05, 0.1) is 6.04 Å². The van der Waals surface area contributed by atoms with Crippen LogP contribution in [-0.2, 0) is 4.79 Å². The quantitative estimate of drug-likeness (QED) is 0.871. The van der Waals surface area contributed by atoms with E-state index in [0.29, 0.717) is 11.9 Å². The van der Waals surface area contributed by atoms with Crippen LogP contribution in [0, 0.1) is 5.92 Å². The van der Waals surface area contributed by atoms with Gasteiger partial charge in [-0.2, -0.15) is 5.10 Å². The van der Waals surface area contributed by atoms with Crippen molar-refractivity contribution in [3.05, 3.63) is 37.2 Å². The number of nitrogens with zero attached hydrogens (tertiary/aromatic N) is 5. The number of carbonyl (C=O) groups excluding carboxylic acids is 1. The number of aromatic nitrogens is 4. The average molecular weight is 327 g/mol. The summed E-state index contributed by atoms with van der Waals surface area (Å²) in [6.45, 7) is 1.67. The highest BCUT2D eigenvalue weighted by molar-refractivity contribution is 5.79. The molecule has 2 aliphatic rings. The second-order valence-electron chi connectivity index (χ2n) is 7.09. The average Bonchev–Trinajstić information content (AvgIpc) is 3.35. The van der Waals surface area contributed by atoms with Crippen molar-refractivity contribution in [2.75, 3.05) is 13.1 Å². The fourth-order valence-corrected chi connectivity index (χ4v) is 4.25. The SMILES string of the molecule is O=C(C1CCC(n2cccc2)CC1)N1CCCC(n2cncn2)C1. The molecule has 1 unspecified atom stereocenters. The van der Waals surface area contributed by atoms with E-state index < -0.39 is 0 Å². The standard InChI is InChI=1S/C18H25N5O/c24-18(15-5-7-16(8-6-15)21-9-1-2-10-21)22-11-3-4-17(12-22)23-14-19-13-20-23/h1-2,9-10,13-17H,3-8,11-12H2. The Hall–Kier alpha value is -2.11. The van der Waals surface area contributed by atoms with E-state index in [9.17, 15) is 4.79 Å². The van der Waals surface area contributed by atoms with E-state index in [2.05, 4.69) is 44.1 Å². The van der Waals surface area contributed by atoms with Crippen molar-refractivity contribution in [2.45, 2.75) is 50.6 Å². The van der Waals surface area contributed by atoms with Crippen molar-refractivity contribution in [3.63, 3.8) is 0 Å². The number of rotatable bonds is 3. The molecule has 1 atom stereocenters. The fourth-order valence-electron chi connectivity index (χ4n) is 4.25. The molecule has 2 aromatic rings. The smallest absolute Gasteiger partial charge is 0.225 e. The Morgan fingerprint density at radius 1 is 1.00 bits per heavy atom. The third-order valence-corrected chi connectivity index (χ3v) is 5.61. The van der Waals surface area contributed by atoms with E-state index in [1.807, 2.05) is 4.68 Å². The molecule has 0 spiro atoms. The minimum Gasteiger partial charge on any atom is -0.351 e. The van der Waals surface area contributed by atoms with Crippen molar-refractivity contribution >= 4 is 5.91 Å². The van der Waals surface area contributed by atoms with E-state index in [1.165, 1.54) is 0 Å². The summed E-state index contributed by atoms with van der Waals surface area (Å²) in [4.78, 5) is 19.0. The molecule has 24 heavy (non-hydrogen) atoms. The fraction of sp³-hybridized carbons (Fsp3) is 0.611. The van der Waals surface area contributed by atoms with Crippen molar-refractivity contribution in [3.8, 4) is 0 Å². The van der Waals surface area contributed by atoms with Crippen LogP contribution >= 0.6 is 0 Å². The molecule has 1 amide bonds. The molecule has 0 radical (unpaired) electrons. The normalized spacial score (nSPS) is 28.0. The van der Waals surface area contributed by atoms with Crippen LogP contribution in [0.4, 0.5) is 0 Å². The molecule has 1 saturated carbocycles. The lowest BCUT2D eigenvalue weighted by molar-refractivity contribution is -0.138. The van der Waals surface area contributed by atoms with Gasteiger partial charge in [0.2, 0.25) is 5.91 Å². The third-order valence-electron chi connectivity index (χ3n) is 5.61. The molecule has 0 aromatic carbocycles. The summed E-state index contributed by atoms with van der Waals surface area (Å²) in [5.41, 5.74) is 0. The monoisotopic (exact) mass is 327 g/mol. The minimum atomic E-state index is 0.200. The van der Waals surface area contributed by atoms with Gasteiger partial charge < -0.3 is 9.47 Å². The highest BCUT2D eigenvalue weighted by atomic mass is 16.2. The zero-order chi connectivity index (χ0) is 16.4. The van der Waals surface area contributed by atoms with Crippen LogP contribution in [0.5, 0.6) is 0 Å². The number of piperidine rings is 1. The van der Waals surface area contributed by atoms with Gasteiger partial charge in [-0.3, -0.25) is 4.79 Å². The van der Waals surface area contributed by atoms with Gasteiger partial charge >= 0.3 is 0 Å². The van der Waals surface area contributed by atoms with Gasteiger partial charge in [0.25, 0.3) is 0 Å². The first-order valence-corrected chi connectivity index (χ1v) is 9.06. The lowest BCUT2D eigenvalue weighted by Crippen LogP contribution is -2.44. The van der Waals surface area contributed by atoms with Gasteiger partial charge in [-0.25, -0.2) is 9.67 Å². The Bertz CT molecular complexity index is 643. The maximum atomic E-state index is 12.9. The molecule has 2 fully saturated rings. The molecule has 6 nitrogen and oxygen atoms in total. The largest absolute Gasteiger partial charge is 0.351 e. The molecule has 128 valence electrons. The second kappa shape index (κ2) is 6.79. The van der Waals surface area contributed by atoms with Gasteiger partial charge in [-0.05, 0) is 50.7 Å². The van der Waals surface area contributed by atoms with Crippen molar-refractivity contribution in [1.82, 2.24) is 24.2 Å². The van der Waals surface area contributed by atoms with Crippen LogP contribution in [0.1, 0.15) is 50.6 Å². The lowest BCUT2D eigenvalue weighted by Gasteiger charge is -2.37. The molecule has 1 aliphatic heterocycles. The number of likely N-dealkylation sites (tertiary alicyclic amines) is 1. The second-order valence-corrected chi connectivity index (χ2v) is 7.09. The van der Waals surface area contributed by atoms with Crippen LogP contribution in [-0.4, -0.2) is 43.2 Å². The first kappa shape index (κ1) is 15.4. The Morgan fingerprint density at radius 2 is 1.79 bits per heavy atom. The summed E-state index contributed by atoms with van der Waals surface area (Å²) in [5, 5.41) is 4.25. The highest BCUT2D eigenvalue weighted by Gasteiger charge is 2.32. The molecule has 4 rings (SSSR count). The van der Waals surface area contributed by atoms with Crippen LogP contribution in [0.2, 0.25) is 0 Å². The number of carbonyl (C=O) groups is 1. The Kier molecular flexibility index (Phi) is 4.36. The van der Waals surface area contributed by atoms with Gasteiger partial charge in [0, 0.05) is 37.4 Å². The number of hydrogen-bond acceptors (Lipinski definition) is 3. The summed E-state index contributed by atoms with van der Waals surface area (Å²) in [7, 11) is 0. The topological polar surface area (TPSA) is 56.0 Å². The summed E-state index contributed by atoms with van der Waals surface area (Å²) in [6, 6.07) is 5.00. The minimum absolute atomic E-state index is 0.200. The Balaban J connectivity index is 1.34. The Morgan fingerprint density at radius 3 is 2.50 bits per heavy atom. The van der Waals surface area contributed by atoms with E-state index in [1.54, 1.807) is 12.7 Å². The predicted molar refractivity (Wildman–Crippen MR) is 90.3 cm³/mol. The van der Waals surface area contributed by atoms with Crippen molar-refractivity contribution in [2.24, 2.45) is 5.92 Å². The third kappa shape index (κ3) is 3.09. The van der Waals surface area contributed by atoms with Gasteiger partial charge in [0.15, 0.2) is 0 Å². The summed E-state index contributed by atoms with van der Waals surface area (Å²) in [5.74, 6) is 0.553. The summed E-state index contributed by atoms with van der Waals surface area (Å²) < 4.78 is 4.20. The van der Waals surface area contributed by atoms with E-state index in [4.69, 9.17) is 0 Å². The highest BCUT2D eigenvalue weighted by Crippen LogP contribution is 2.34. The van der Waals surface area contributed by atoms with Gasteiger partial charge in [-0.1, -0.05) is 0 Å². The molecule has 6 heteroatoms. The van der Waals surface area contributed by atoms with Crippen LogP contribution in [0.25, 0.3) is 0 Å². The molecular formula is C18H25N5O. The zero-order valence-electron chi connectivity index (χ0n) is 14.0.